The van der Waals surface area contributed by atoms with Crippen molar-refractivity contribution >= 4 is 23.2 Å². The summed E-state index contributed by atoms with van der Waals surface area (Å²) in [5.74, 6) is -0.465. The molecule has 0 aliphatic heterocycles. The minimum absolute atomic E-state index is 0.152. The second kappa shape index (κ2) is 9.25. The van der Waals surface area contributed by atoms with Crippen LogP contribution in [0.1, 0.15) is 32.3 Å². The van der Waals surface area contributed by atoms with Gasteiger partial charge in [0.05, 0.1) is 11.3 Å². The molecule has 1 unspecified atom stereocenters. The molecule has 0 bridgehead atoms. The Hall–Kier alpha value is -3.53. The van der Waals surface area contributed by atoms with Gasteiger partial charge in [-0.1, -0.05) is 19.1 Å². The number of nitrogens with zero attached hydrogens (tertiary/aromatic N) is 1. The monoisotopic (exact) mass is 367 g/mol. The minimum atomic E-state index is -0.856. The molecule has 140 valence electrons. The smallest absolute Gasteiger partial charge is 0.265 e. The Bertz CT molecular complexity index is 874. The first-order valence-corrected chi connectivity index (χ1v) is 8.54. The van der Waals surface area contributed by atoms with Crippen molar-refractivity contribution in [3.63, 3.8) is 0 Å². The second-order valence-electron chi connectivity index (χ2n) is 5.89. The van der Waals surface area contributed by atoms with Crippen LogP contribution >= 0.6 is 0 Å². The van der Waals surface area contributed by atoms with Crippen LogP contribution in [0.15, 0.2) is 42.5 Å². The molecule has 2 amide bonds. The van der Waals surface area contributed by atoms with E-state index < -0.39 is 12.0 Å². The highest BCUT2D eigenvalue weighted by Crippen LogP contribution is 2.27. The predicted octanol–water partition coefficient (Wildman–Crippen LogP) is 3.41. The number of phenols is 1. The fraction of sp³-hybridized carbons (Fsp3) is 0.250. The van der Waals surface area contributed by atoms with Gasteiger partial charge in [-0.05, 0) is 37.6 Å². The largest absolute Gasteiger partial charge is 0.506 e. The number of ether oxygens (including phenoxy) is 1. The second-order valence-corrected chi connectivity index (χ2v) is 5.89. The number of carbonyl (C=O) groups excluding carboxylic acids is 2. The van der Waals surface area contributed by atoms with Crippen LogP contribution in [0, 0.1) is 11.3 Å². The highest BCUT2D eigenvalue weighted by Gasteiger charge is 2.17. The fourth-order valence-corrected chi connectivity index (χ4v) is 2.30. The van der Waals surface area contributed by atoms with E-state index in [1.54, 1.807) is 37.3 Å². The van der Waals surface area contributed by atoms with Gasteiger partial charge in [-0.3, -0.25) is 9.59 Å². The highest BCUT2D eigenvalue weighted by atomic mass is 16.5. The van der Waals surface area contributed by atoms with Gasteiger partial charge >= 0.3 is 0 Å². The normalized spacial score (nSPS) is 11.1. The van der Waals surface area contributed by atoms with Gasteiger partial charge in [-0.2, -0.15) is 5.26 Å². The van der Waals surface area contributed by atoms with Crippen molar-refractivity contribution in [1.29, 1.82) is 5.26 Å². The van der Waals surface area contributed by atoms with Crippen LogP contribution in [-0.4, -0.2) is 23.0 Å². The third-order valence-corrected chi connectivity index (χ3v) is 3.70. The van der Waals surface area contributed by atoms with Gasteiger partial charge < -0.3 is 20.5 Å². The van der Waals surface area contributed by atoms with Crippen molar-refractivity contribution in [3.05, 3.63) is 48.0 Å². The molecule has 3 N–H and O–H groups in total. The number of hydrogen-bond acceptors (Lipinski definition) is 5. The molecule has 0 aromatic heterocycles. The Kier molecular flexibility index (Phi) is 6.78. The number of benzene rings is 2. The molecule has 0 spiro atoms. The number of hydrogen-bond donors (Lipinski definition) is 3. The molecule has 0 heterocycles. The molecule has 7 nitrogen and oxygen atoms in total. The van der Waals surface area contributed by atoms with E-state index in [4.69, 9.17) is 10.00 Å². The number of rotatable bonds is 7. The Morgan fingerprint density at radius 2 is 1.96 bits per heavy atom. The van der Waals surface area contributed by atoms with Gasteiger partial charge in [-0.15, -0.1) is 0 Å². The van der Waals surface area contributed by atoms with Crippen molar-refractivity contribution in [1.82, 2.24) is 0 Å². The first-order valence-electron chi connectivity index (χ1n) is 8.54. The van der Waals surface area contributed by atoms with Crippen LogP contribution < -0.4 is 15.4 Å². The molecule has 0 saturated carbocycles. The number of nitrogens with one attached hydrogen (secondary N) is 2. The van der Waals surface area contributed by atoms with E-state index in [-0.39, 0.29) is 17.3 Å². The van der Waals surface area contributed by atoms with E-state index in [9.17, 15) is 14.7 Å². The lowest BCUT2D eigenvalue weighted by Gasteiger charge is -2.16. The van der Waals surface area contributed by atoms with Crippen LogP contribution in [0.4, 0.5) is 11.4 Å². The van der Waals surface area contributed by atoms with Gasteiger partial charge in [0.2, 0.25) is 5.91 Å². The summed E-state index contributed by atoms with van der Waals surface area (Å²) in [6.45, 7) is 3.44. The van der Waals surface area contributed by atoms with Crippen LogP contribution in [-0.2, 0) is 9.59 Å². The standard InChI is InChI=1S/C20H21N3O4/c1-3-6-19(25)23-16-10-9-15(11-17(16)24)22-20(26)13(2)27-18-8-5-4-7-14(18)12-21/h4-5,7-11,13,24H,3,6H2,1-2H3,(H,22,26)(H,23,25). The number of amides is 2. The molecule has 0 aliphatic rings. The molecule has 27 heavy (non-hydrogen) atoms. The van der Waals surface area contributed by atoms with E-state index >= 15 is 0 Å². The molecule has 2 rings (SSSR count). The molecule has 2 aromatic rings. The van der Waals surface area contributed by atoms with Gasteiger partial charge in [-0.25, -0.2) is 0 Å². The summed E-state index contributed by atoms with van der Waals surface area (Å²) in [4.78, 5) is 23.9. The lowest BCUT2D eigenvalue weighted by atomic mass is 10.2. The molecular weight excluding hydrogens is 346 g/mol. The van der Waals surface area contributed by atoms with Crippen LogP contribution in [0.3, 0.4) is 0 Å². The molecule has 1 atom stereocenters. The van der Waals surface area contributed by atoms with Crippen LogP contribution in [0.2, 0.25) is 0 Å². The molecule has 0 aliphatic carbocycles. The van der Waals surface area contributed by atoms with Gasteiger partial charge in [0.25, 0.3) is 5.91 Å². The maximum Gasteiger partial charge on any atom is 0.265 e. The first kappa shape index (κ1) is 19.8. The first-order chi connectivity index (χ1) is 12.9. The minimum Gasteiger partial charge on any atom is -0.506 e. The number of para-hydroxylation sites is 1. The Morgan fingerprint density at radius 1 is 1.22 bits per heavy atom. The fourth-order valence-electron chi connectivity index (χ4n) is 2.30. The van der Waals surface area contributed by atoms with Crippen LogP contribution in [0.25, 0.3) is 0 Å². The third-order valence-electron chi connectivity index (χ3n) is 3.70. The maximum absolute atomic E-state index is 12.3. The summed E-state index contributed by atoms with van der Waals surface area (Å²) in [6.07, 6.45) is 0.204. The van der Waals surface area contributed by atoms with E-state index in [0.29, 0.717) is 29.8 Å². The van der Waals surface area contributed by atoms with Gasteiger partial charge in [0.1, 0.15) is 17.6 Å². The maximum atomic E-state index is 12.3. The SMILES string of the molecule is CCCC(=O)Nc1ccc(NC(=O)C(C)Oc2ccccc2C#N)cc1O. The Labute approximate surface area is 157 Å². The van der Waals surface area contributed by atoms with Crippen molar-refractivity contribution in [3.8, 4) is 17.6 Å². The van der Waals surface area contributed by atoms with Crippen molar-refractivity contribution in [2.45, 2.75) is 32.8 Å². The average Bonchev–Trinajstić information content (AvgIpc) is 2.64. The Morgan fingerprint density at radius 3 is 2.63 bits per heavy atom. The number of anilines is 2. The zero-order chi connectivity index (χ0) is 19.8. The molecule has 7 heteroatoms. The summed E-state index contributed by atoms with van der Waals surface area (Å²) in [5, 5.41) is 24.3. The molecule has 0 saturated heterocycles. The summed E-state index contributed by atoms with van der Waals surface area (Å²) < 4.78 is 5.55. The van der Waals surface area contributed by atoms with Gasteiger partial charge in [0.15, 0.2) is 6.10 Å². The number of phenolic OH excluding ortho intramolecular Hbond substituents is 1. The van der Waals surface area contributed by atoms with Crippen molar-refractivity contribution in [2.24, 2.45) is 0 Å². The van der Waals surface area contributed by atoms with Crippen LogP contribution in [0.5, 0.6) is 11.5 Å². The number of carbonyl (C=O) groups is 2. The molecule has 2 aromatic carbocycles. The third kappa shape index (κ3) is 5.47. The zero-order valence-electron chi connectivity index (χ0n) is 15.2. The van der Waals surface area contributed by atoms with E-state index in [1.165, 1.54) is 12.1 Å². The highest BCUT2D eigenvalue weighted by molar-refractivity contribution is 5.96. The van der Waals surface area contributed by atoms with E-state index in [2.05, 4.69) is 10.6 Å². The lowest BCUT2D eigenvalue weighted by Crippen LogP contribution is -2.30. The number of nitriles is 1. The summed E-state index contributed by atoms with van der Waals surface area (Å²) >= 11 is 0. The average molecular weight is 367 g/mol. The predicted molar refractivity (Wildman–Crippen MR) is 102 cm³/mol. The number of aromatic hydroxyl groups is 1. The molecule has 0 fully saturated rings. The topological polar surface area (TPSA) is 111 Å². The molecular formula is C20H21N3O4. The summed E-state index contributed by atoms with van der Waals surface area (Å²) in [6, 6.07) is 13.1. The van der Waals surface area contributed by atoms with Gasteiger partial charge in [0, 0.05) is 18.2 Å². The quantitative estimate of drug-likeness (QED) is 0.649. The van der Waals surface area contributed by atoms with E-state index in [0.717, 1.165) is 0 Å². The van der Waals surface area contributed by atoms with E-state index in [1.807, 2.05) is 13.0 Å². The van der Waals surface area contributed by atoms with Crippen molar-refractivity contribution < 1.29 is 19.4 Å². The summed E-state index contributed by atoms with van der Waals surface area (Å²) in [5.41, 5.74) is 0.968. The van der Waals surface area contributed by atoms with Crippen molar-refractivity contribution in [2.75, 3.05) is 10.6 Å². The molecule has 0 radical (unpaired) electrons. The summed E-state index contributed by atoms with van der Waals surface area (Å²) in [7, 11) is 0. The Balaban J connectivity index is 2.01. The zero-order valence-corrected chi connectivity index (χ0v) is 15.2. The lowest BCUT2D eigenvalue weighted by molar-refractivity contribution is -0.122.